The van der Waals surface area contributed by atoms with Gasteiger partial charge in [-0.2, -0.15) is 0 Å². The minimum Gasteiger partial charge on any atom is -0.0843 e. The van der Waals surface area contributed by atoms with Crippen LogP contribution in [0, 0.1) is 6.42 Å². The summed E-state index contributed by atoms with van der Waals surface area (Å²) in [5, 5.41) is 0. The van der Waals surface area contributed by atoms with Crippen molar-refractivity contribution in [3.05, 3.63) is 30.2 Å². The summed E-state index contributed by atoms with van der Waals surface area (Å²) in [6.45, 7) is 2.01. The third-order valence-electron chi connectivity index (χ3n) is 1.35. The topological polar surface area (TPSA) is 0 Å². The molecule has 0 nitrogen and oxygen atoms in total. The van der Waals surface area contributed by atoms with Crippen molar-refractivity contribution >= 4 is 17.1 Å². The molecule has 0 atom stereocenters. The molecule has 0 aromatic carbocycles. The van der Waals surface area contributed by atoms with Crippen molar-refractivity contribution in [3.8, 4) is 0 Å². The summed E-state index contributed by atoms with van der Waals surface area (Å²) >= 11 is 5.08. The lowest BCUT2D eigenvalue weighted by Crippen LogP contribution is -1.99. The molecule has 0 amide bonds. The van der Waals surface area contributed by atoms with Crippen LogP contribution in [0.4, 0.5) is 0 Å². The normalized spacial score (nSPS) is 17.9. The van der Waals surface area contributed by atoms with Gasteiger partial charge in [0.05, 0.1) is 0 Å². The van der Waals surface area contributed by atoms with Crippen molar-refractivity contribution < 1.29 is 0 Å². The highest BCUT2D eigenvalue weighted by molar-refractivity contribution is 7.80. The molecule has 1 rings (SSSR count). The highest BCUT2D eigenvalue weighted by Gasteiger charge is 2.02. The third-order valence-corrected chi connectivity index (χ3v) is 1.75. The predicted octanol–water partition coefficient (Wildman–Crippen LogP) is 2.47. The zero-order valence-electron chi connectivity index (χ0n) is 5.42. The predicted molar refractivity (Wildman–Crippen MR) is 44.4 cm³/mol. The summed E-state index contributed by atoms with van der Waals surface area (Å²) in [5.41, 5.74) is 1.20. The zero-order valence-corrected chi connectivity index (χ0v) is 6.24. The van der Waals surface area contributed by atoms with Gasteiger partial charge in [-0.05, 0) is 12.0 Å². The summed E-state index contributed by atoms with van der Waals surface area (Å²) < 4.78 is 0. The molecule has 0 aromatic heterocycles. The first-order valence-corrected chi connectivity index (χ1v) is 3.45. The van der Waals surface area contributed by atoms with Gasteiger partial charge in [0.25, 0.3) is 0 Å². The van der Waals surface area contributed by atoms with Gasteiger partial charge in [-0.25, -0.2) is 0 Å². The zero-order chi connectivity index (χ0) is 6.69. The number of hydrogen-bond donors (Lipinski definition) is 0. The summed E-state index contributed by atoms with van der Waals surface area (Å²) in [6.07, 6.45) is 9.16. The number of hydrogen-bond acceptors (Lipinski definition) is 1. The van der Waals surface area contributed by atoms with Crippen LogP contribution in [-0.2, 0) is 0 Å². The summed E-state index contributed by atoms with van der Waals surface area (Å²) in [7, 11) is 0. The van der Waals surface area contributed by atoms with Gasteiger partial charge in [-0.3, -0.25) is 0 Å². The molecule has 0 heterocycles. The van der Waals surface area contributed by atoms with Gasteiger partial charge < -0.3 is 0 Å². The Balaban J connectivity index is 2.74. The lowest BCUT2D eigenvalue weighted by atomic mass is 10.0. The molecule has 0 saturated heterocycles. The van der Waals surface area contributed by atoms with Crippen molar-refractivity contribution in [2.24, 2.45) is 0 Å². The van der Waals surface area contributed by atoms with Gasteiger partial charge in [0, 0.05) is 11.3 Å². The van der Waals surface area contributed by atoms with E-state index < -0.39 is 0 Å². The van der Waals surface area contributed by atoms with E-state index in [2.05, 4.69) is 6.08 Å². The lowest BCUT2D eigenvalue weighted by molar-refractivity contribution is 1.39. The van der Waals surface area contributed by atoms with E-state index in [1.54, 1.807) is 0 Å². The van der Waals surface area contributed by atoms with E-state index in [0.717, 1.165) is 11.3 Å². The molecule has 1 radical (unpaired) electrons. The van der Waals surface area contributed by atoms with E-state index in [9.17, 15) is 0 Å². The third kappa shape index (κ3) is 1.49. The van der Waals surface area contributed by atoms with Crippen molar-refractivity contribution in [3.63, 3.8) is 0 Å². The molecule has 0 aromatic rings. The Bertz CT molecular complexity index is 175. The summed E-state index contributed by atoms with van der Waals surface area (Å²) in [5.74, 6) is 0. The molecule has 9 heavy (non-hydrogen) atoms. The molecule has 0 saturated carbocycles. The van der Waals surface area contributed by atoms with E-state index in [0.29, 0.717) is 0 Å². The fourth-order valence-corrected chi connectivity index (χ4v) is 1.10. The molecule has 0 spiro atoms. The first kappa shape index (κ1) is 6.69. The van der Waals surface area contributed by atoms with Crippen LogP contribution >= 0.6 is 12.2 Å². The van der Waals surface area contributed by atoms with Crippen molar-refractivity contribution in [1.29, 1.82) is 0 Å². The average molecular weight is 137 g/mol. The molecular formula is C8H9S. The minimum atomic E-state index is 0.936. The first-order valence-electron chi connectivity index (χ1n) is 3.04. The van der Waals surface area contributed by atoms with Crippen LogP contribution < -0.4 is 0 Å². The smallest absolute Gasteiger partial charge is 0.0224 e. The number of rotatable bonds is 1. The molecule has 47 valence electrons. The van der Waals surface area contributed by atoms with Crippen LogP contribution in [0.3, 0.4) is 0 Å². The van der Waals surface area contributed by atoms with Crippen LogP contribution in [0.25, 0.3) is 0 Å². The summed E-state index contributed by atoms with van der Waals surface area (Å²) in [6, 6.07) is 0. The fraction of sp³-hybridized carbons (Fsp3) is 0.250. The minimum absolute atomic E-state index is 0.936. The second-order valence-corrected chi connectivity index (χ2v) is 2.46. The molecule has 0 unspecified atom stereocenters. The van der Waals surface area contributed by atoms with Gasteiger partial charge in [-0.1, -0.05) is 37.4 Å². The standard InChI is InChI=1S/C8H9S/c1-2-7-5-3-4-6-8(7)9/h2-5H,6H2,1H3. The fourth-order valence-electron chi connectivity index (χ4n) is 0.815. The van der Waals surface area contributed by atoms with E-state index in [1.807, 2.05) is 25.5 Å². The molecule has 1 aliphatic rings. The second kappa shape index (κ2) is 2.92. The highest BCUT2D eigenvalue weighted by Crippen LogP contribution is 2.11. The molecule has 0 fully saturated rings. The van der Waals surface area contributed by atoms with Crippen LogP contribution in [0.15, 0.2) is 23.8 Å². The maximum absolute atomic E-state index is 5.08. The quantitative estimate of drug-likeness (QED) is 0.500. The Morgan fingerprint density at radius 3 is 2.89 bits per heavy atom. The Hall–Kier alpha value is -0.430. The van der Waals surface area contributed by atoms with E-state index in [4.69, 9.17) is 12.2 Å². The van der Waals surface area contributed by atoms with Crippen LogP contribution in [-0.4, -0.2) is 4.86 Å². The van der Waals surface area contributed by atoms with Crippen LogP contribution in [0.5, 0.6) is 0 Å². The lowest BCUT2D eigenvalue weighted by Gasteiger charge is -2.05. The monoisotopic (exact) mass is 137 g/mol. The highest BCUT2D eigenvalue weighted by atomic mass is 32.1. The molecule has 0 bridgehead atoms. The van der Waals surface area contributed by atoms with Gasteiger partial charge in [-0.15, -0.1) is 0 Å². The van der Waals surface area contributed by atoms with E-state index >= 15 is 0 Å². The largest absolute Gasteiger partial charge is 0.0843 e. The first-order chi connectivity index (χ1) is 4.34. The van der Waals surface area contributed by atoms with E-state index in [-0.39, 0.29) is 0 Å². The van der Waals surface area contributed by atoms with Crippen molar-refractivity contribution in [2.45, 2.75) is 13.3 Å². The number of thiocarbonyl (C=S) groups is 1. The van der Waals surface area contributed by atoms with Crippen LogP contribution in [0.2, 0.25) is 0 Å². The summed E-state index contributed by atoms with van der Waals surface area (Å²) in [4.78, 5) is 1.06. The second-order valence-electron chi connectivity index (χ2n) is 1.97. The molecular weight excluding hydrogens is 128 g/mol. The van der Waals surface area contributed by atoms with Gasteiger partial charge in [0.15, 0.2) is 0 Å². The van der Waals surface area contributed by atoms with Gasteiger partial charge >= 0.3 is 0 Å². The van der Waals surface area contributed by atoms with Crippen molar-refractivity contribution in [1.82, 2.24) is 0 Å². The van der Waals surface area contributed by atoms with Crippen molar-refractivity contribution in [2.75, 3.05) is 0 Å². The Morgan fingerprint density at radius 2 is 2.44 bits per heavy atom. The molecule has 1 heteroatoms. The maximum Gasteiger partial charge on any atom is 0.0224 e. The van der Waals surface area contributed by atoms with Gasteiger partial charge in [0.2, 0.25) is 0 Å². The van der Waals surface area contributed by atoms with Gasteiger partial charge in [0.1, 0.15) is 0 Å². The Labute approximate surface area is 61.3 Å². The average Bonchev–Trinajstić information content (AvgIpc) is 1.89. The number of allylic oxidation sites excluding steroid dienone is 4. The molecule has 0 N–H and O–H groups in total. The van der Waals surface area contributed by atoms with E-state index in [1.165, 1.54) is 5.57 Å². The Kier molecular flexibility index (Phi) is 2.17. The molecule has 1 aliphatic carbocycles. The Morgan fingerprint density at radius 1 is 1.67 bits per heavy atom. The molecule has 0 aliphatic heterocycles. The van der Waals surface area contributed by atoms with Crippen LogP contribution in [0.1, 0.15) is 13.3 Å². The SMILES string of the molecule is C[CH]C1=CC=CCC1=S. The maximum atomic E-state index is 5.08.